The highest BCUT2D eigenvalue weighted by Crippen LogP contribution is 2.16. The molecule has 1 atom stereocenters. The van der Waals surface area contributed by atoms with Gasteiger partial charge >= 0.3 is 0 Å². The van der Waals surface area contributed by atoms with Crippen molar-refractivity contribution in [1.29, 1.82) is 0 Å². The van der Waals surface area contributed by atoms with Crippen molar-refractivity contribution in [2.45, 2.75) is 45.6 Å². The van der Waals surface area contributed by atoms with Gasteiger partial charge in [-0.2, -0.15) is 0 Å². The van der Waals surface area contributed by atoms with Gasteiger partial charge in [0.15, 0.2) is 11.5 Å². The number of nitrogens with one attached hydrogen (secondary N) is 1. The lowest BCUT2D eigenvalue weighted by molar-refractivity contribution is 0.0944. The zero-order valence-corrected chi connectivity index (χ0v) is 18.1. The van der Waals surface area contributed by atoms with Gasteiger partial charge in [-0.15, -0.1) is 10.2 Å². The lowest BCUT2D eigenvalue weighted by atomic mass is 10.1. The number of hydrogen-bond acceptors (Lipinski definition) is 7. The zero-order chi connectivity index (χ0) is 23.2. The van der Waals surface area contributed by atoms with Gasteiger partial charge in [0.2, 0.25) is 0 Å². The third kappa shape index (κ3) is 5.43. The molecule has 0 saturated heterocycles. The molecule has 0 fully saturated rings. The van der Waals surface area contributed by atoms with E-state index in [1.165, 1.54) is 21.8 Å². The van der Waals surface area contributed by atoms with Crippen molar-refractivity contribution in [2.75, 3.05) is 0 Å². The van der Waals surface area contributed by atoms with Gasteiger partial charge in [-0.25, -0.2) is 9.07 Å². The molecule has 1 unspecified atom stereocenters. The maximum absolute atomic E-state index is 14.4. The number of benzene rings is 1. The molecule has 170 valence electrons. The number of nitrogens with zero attached hydrogens (tertiary/aromatic N) is 7. The molecule has 3 heterocycles. The Morgan fingerprint density at radius 1 is 1.06 bits per heavy atom. The van der Waals surface area contributed by atoms with E-state index in [2.05, 4.69) is 30.9 Å². The average Bonchev–Trinajstić information content (AvgIpc) is 3.50. The summed E-state index contributed by atoms with van der Waals surface area (Å²) in [5, 5.41) is 20.1. The van der Waals surface area contributed by atoms with Crippen LogP contribution >= 0.6 is 0 Å². The van der Waals surface area contributed by atoms with Crippen LogP contribution in [-0.4, -0.2) is 52.8 Å². The van der Waals surface area contributed by atoms with E-state index in [4.69, 9.17) is 0 Å². The number of ketones is 1. The molecule has 1 amide bonds. The van der Waals surface area contributed by atoms with Crippen molar-refractivity contribution < 1.29 is 14.0 Å². The Labute approximate surface area is 188 Å². The van der Waals surface area contributed by atoms with Crippen LogP contribution in [-0.2, 0) is 19.6 Å². The molecule has 1 N–H and O–H groups in total. The van der Waals surface area contributed by atoms with Crippen LogP contribution in [0.4, 0.5) is 4.39 Å². The molecule has 11 heteroatoms. The minimum atomic E-state index is -1.24. The third-order valence-electron chi connectivity index (χ3n) is 5.16. The van der Waals surface area contributed by atoms with E-state index < -0.39 is 12.1 Å². The Bertz CT molecular complexity index is 1260. The molecular formula is C22H23FN8O2. The van der Waals surface area contributed by atoms with Crippen LogP contribution in [0.3, 0.4) is 0 Å². The number of fused-ring (bicyclic) bond motifs is 1. The third-order valence-corrected chi connectivity index (χ3v) is 5.16. The summed E-state index contributed by atoms with van der Waals surface area (Å²) in [7, 11) is 0. The van der Waals surface area contributed by atoms with E-state index in [0.717, 1.165) is 16.3 Å². The Hall–Kier alpha value is -4.02. The van der Waals surface area contributed by atoms with Crippen molar-refractivity contribution in [3.8, 4) is 0 Å². The molecular weight excluding hydrogens is 427 g/mol. The largest absolute Gasteiger partial charge is 0.346 e. The molecule has 4 aromatic rings. The molecule has 1 aromatic carbocycles. The Kier molecular flexibility index (Phi) is 6.77. The van der Waals surface area contributed by atoms with Gasteiger partial charge < -0.3 is 5.32 Å². The number of carbonyl (C=O) groups is 2. The second kappa shape index (κ2) is 10.1. The van der Waals surface area contributed by atoms with E-state index in [9.17, 15) is 14.0 Å². The summed E-state index contributed by atoms with van der Waals surface area (Å²) >= 11 is 0. The predicted octanol–water partition coefficient (Wildman–Crippen LogP) is 2.37. The summed E-state index contributed by atoms with van der Waals surface area (Å²) in [5.41, 5.74) is 1.27. The van der Waals surface area contributed by atoms with Crippen LogP contribution in [0, 0.1) is 0 Å². The highest BCUT2D eigenvalue weighted by atomic mass is 19.1. The number of Topliss-reactive ketones (excluding diaryl/α,β-unsaturated/α-hetero) is 1. The fourth-order valence-corrected chi connectivity index (χ4v) is 3.36. The standard InChI is InChI=1S/C22H23FN8O2/c1-2-21(32)19-13-30(28-26-19)8-7-17(23)12-31-14-20(27-29-31)22(33)25-11-16-10-24-9-15-5-3-4-6-18(15)16/h3-6,9-10,13-14,17H,2,7-8,11-12H2,1H3,(H,25,33). The van der Waals surface area contributed by atoms with Crippen molar-refractivity contribution in [2.24, 2.45) is 0 Å². The maximum Gasteiger partial charge on any atom is 0.273 e. The van der Waals surface area contributed by atoms with Crippen LogP contribution in [0.25, 0.3) is 10.8 Å². The number of pyridine rings is 1. The minimum Gasteiger partial charge on any atom is -0.346 e. The molecule has 0 aliphatic carbocycles. The fraction of sp³-hybridized carbons (Fsp3) is 0.318. The zero-order valence-electron chi connectivity index (χ0n) is 18.1. The Morgan fingerprint density at radius 2 is 1.82 bits per heavy atom. The first-order valence-corrected chi connectivity index (χ1v) is 10.6. The van der Waals surface area contributed by atoms with E-state index >= 15 is 0 Å². The lowest BCUT2D eigenvalue weighted by Crippen LogP contribution is -2.23. The second-order valence-corrected chi connectivity index (χ2v) is 7.56. The Balaban J connectivity index is 1.28. The number of alkyl halides is 1. The number of rotatable bonds is 10. The van der Waals surface area contributed by atoms with Crippen molar-refractivity contribution in [3.05, 3.63) is 66.0 Å². The highest BCUT2D eigenvalue weighted by Gasteiger charge is 2.15. The van der Waals surface area contributed by atoms with Gasteiger partial charge in [0, 0.05) is 43.7 Å². The second-order valence-electron chi connectivity index (χ2n) is 7.56. The first-order chi connectivity index (χ1) is 16.0. The fourth-order valence-electron chi connectivity index (χ4n) is 3.36. The van der Waals surface area contributed by atoms with E-state index in [-0.39, 0.29) is 43.2 Å². The smallest absolute Gasteiger partial charge is 0.273 e. The molecule has 0 radical (unpaired) electrons. The summed E-state index contributed by atoms with van der Waals surface area (Å²) in [6, 6.07) is 7.79. The van der Waals surface area contributed by atoms with Crippen LogP contribution in [0.5, 0.6) is 0 Å². The van der Waals surface area contributed by atoms with Crippen molar-refractivity contribution >= 4 is 22.5 Å². The molecule has 0 bridgehead atoms. The number of amides is 1. The summed E-state index contributed by atoms with van der Waals surface area (Å²) < 4.78 is 17.1. The molecule has 10 nitrogen and oxygen atoms in total. The minimum absolute atomic E-state index is 0.0526. The van der Waals surface area contributed by atoms with E-state index in [1.807, 2.05) is 24.3 Å². The van der Waals surface area contributed by atoms with E-state index in [0.29, 0.717) is 6.42 Å². The van der Waals surface area contributed by atoms with Gasteiger partial charge in [-0.1, -0.05) is 41.6 Å². The van der Waals surface area contributed by atoms with Crippen molar-refractivity contribution in [3.63, 3.8) is 0 Å². The summed E-state index contributed by atoms with van der Waals surface area (Å²) in [6.07, 6.45) is 5.66. The normalized spacial score (nSPS) is 12.1. The maximum atomic E-state index is 14.4. The van der Waals surface area contributed by atoms with Crippen LogP contribution in [0.15, 0.2) is 49.1 Å². The van der Waals surface area contributed by atoms with E-state index in [1.54, 1.807) is 19.3 Å². The summed E-state index contributed by atoms with van der Waals surface area (Å²) in [6.45, 7) is 2.24. The van der Waals surface area contributed by atoms with Gasteiger partial charge in [-0.3, -0.25) is 19.3 Å². The molecule has 0 saturated carbocycles. The van der Waals surface area contributed by atoms with Gasteiger partial charge in [-0.05, 0) is 10.9 Å². The lowest BCUT2D eigenvalue weighted by Gasteiger charge is -2.07. The van der Waals surface area contributed by atoms with Gasteiger partial charge in [0.05, 0.1) is 18.9 Å². The number of halogens is 1. The quantitative estimate of drug-likeness (QED) is 0.368. The summed E-state index contributed by atoms with van der Waals surface area (Å²) in [4.78, 5) is 28.3. The number of hydrogen-bond donors (Lipinski definition) is 1. The van der Waals surface area contributed by atoms with Gasteiger partial charge in [0.1, 0.15) is 11.9 Å². The van der Waals surface area contributed by atoms with Crippen LogP contribution in [0.2, 0.25) is 0 Å². The summed E-state index contributed by atoms with van der Waals surface area (Å²) in [5.74, 6) is -0.511. The molecule has 0 spiro atoms. The van der Waals surface area contributed by atoms with Crippen LogP contribution in [0.1, 0.15) is 46.3 Å². The first-order valence-electron chi connectivity index (χ1n) is 10.6. The SMILES string of the molecule is CCC(=O)c1cn(CCC(F)Cn2cc(C(=O)NCc3cncc4ccccc34)nn2)nn1. The number of aryl methyl sites for hydroxylation is 1. The average molecular weight is 450 g/mol. The molecule has 3 aromatic heterocycles. The first kappa shape index (κ1) is 22.2. The molecule has 33 heavy (non-hydrogen) atoms. The number of carbonyl (C=O) groups excluding carboxylic acids is 2. The number of aromatic nitrogens is 7. The molecule has 0 aliphatic heterocycles. The monoisotopic (exact) mass is 450 g/mol. The predicted molar refractivity (Wildman–Crippen MR) is 117 cm³/mol. The Morgan fingerprint density at radius 3 is 2.67 bits per heavy atom. The van der Waals surface area contributed by atoms with Crippen LogP contribution < -0.4 is 5.32 Å². The molecule has 4 rings (SSSR count). The highest BCUT2D eigenvalue weighted by molar-refractivity contribution is 5.93. The molecule has 0 aliphatic rings. The topological polar surface area (TPSA) is 120 Å². The van der Waals surface area contributed by atoms with Crippen molar-refractivity contribution in [1.82, 2.24) is 40.3 Å². The van der Waals surface area contributed by atoms with Gasteiger partial charge in [0.25, 0.3) is 5.91 Å².